The molecule has 8 nitrogen and oxygen atoms in total. The molecule has 8 heteroatoms. The van der Waals surface area contributed by atoms with Gasteiger partial charge >= 0.3 is 5.97 Å². The number of nitrogens with one attached hydrogen (secondary N) is 1. The van der Waals surface area contributed by atoms with Gasteiger partial charge in [0.25, 0.3) is 5.91 Å². The van der Waals surface area contributed by atoms with E-state index in [1.165, 1.54) is 6.39 Å². The highest BCUT2D eigenvalue weighted by Gasteiger charge is 2.27. The second-order valence-electron chi connectivity index (χ2n) is 6.58. The first-order valence-corrected chi connectivity index (χ1v) is 8.23. The van der Waals surface area contributed by atoms with Gasteiger partial charge in [0.05, 0.1) is 5.41 Å². The van der Waals surface area contributed by atoms with E-state index in [2.05, 4.69) is 10.3 Å². The normalized spacial score (nSPS) is 13.3. The van der Waals surface area contributed by atoms with Gasteiger partial charge in [-0.1, -0.05) is 0 Å². The Morgan fingerprint density at radius 1 is 1.23 bits per heavy atom. The Morgan fingerprint density at radius 2 is 1.96 bits per heavy atom. The number of carbonyl (C=O) groups excluding carboxylic acids is 1. The zero-order valence-electron chi connectivity index (χ0n) is 14.6. The van der Waals surface area contributed by atoms with Crippen LogP contribution in [0.3, 0.4) is 0 Å². The summed E-state index contributed by atoms with van der Waals surface area (Å²) in [5.74, 6) is 0.202. The molecule has 1 aromatic heterocycles. The fourth-order valence-electron chi connectivity index (χ4n) is 2.48. The number of carboxylic acid groups (broad SMARTS) is 1. The molecule has 0 unspecified atom stereocenters. The van der Waals surface area contributed by atoms with E-state index in [0.29, 0.717) is 42.5 Å². The maximum atomic E-state index is 12.4. The Labute approximate surface area is 150 Å². The van der Waals surface area contributed by atoms with Gasteiger partial charge in [0.2, 0.25) is 0 Å². The van der Waals surface area contributed by atoms with E-state index in [1.807, 2.05) is 0 Å². The van der Waals surface area contributed by atoms with Crippen LogP contribution in [0.25, 0.3) is 11.3 Å². The van der Waals surface area contributed by atoms with Gasteiger partial charge in [-0.3, -0.25) is 9.59 Å². The van der Waals surface area contributed by atoms with Gasteiger partial charge in [-0.25, -0.2) is 4.98 Å². The molecule has 0 aliphatic carbocycles. The van der Waals surface area contributed by atoms with Gasteiger partial charge in [0.15, 0.2) is 29.3 Å². The first-order valence-electron chi connectivity index (χ1n) is 8.23. The number of hydrogen-bond acceptors (Lipinski definition) is 6. The van der Waals surface area contributed by atoms with Crippen molar-refractivity contribution >= 4 is 11.9 Å². The number of nitrogens with zero attached hydrogens (tertiary/aromatic N) is 1. The molecule has 0 spiro atoms. The molecule has 0 radical (unpaired) electrons. The van der Waals surface area contributed by atoms with Gasteiger partial charge in [-0.2, -0.15) is 0 Å². The van der Waals surface area contributed by atoms with Crippen LogP contribution >= 0.6 is 0 Å². The summed E-state index contributed by atoms with van der Waals surface area (Å²) in [5, 5.41) is 11.8. The van der Waals surface area contributed by atoms with E-state index in [-0.39, 0.29) is 12.2 Å². The first-order chi connectivity index (χ1) is 12.4. The molecule has 1 amide bonds. The SMILES string of the molecule is CC(C)(CCNC(=O)c1ncoc1-c1ccc2c(c1)OCCO2)C(=O)O. The van der Waals surface area contributed by atoms with Crippen LogP contribution in [0.1, 0.15) is 30.8 Å². The van der Waals surface area contributed by atoms with Crippen molar-refractivity contribution in [2.45, 2.75) is 20.3 Å². The molecule has 0 saturated carbocycles. The maximum Gasteiger partial charge on any atom is 0.309 e. The van der Waals surface area contributed by atoms with E-state index >= 15 is 0 Å². The zero-order chi connectivity index (χ0) is 18.7. The summed E-state index contributed by atoms with van der Waals surface area (Å²) < 4.78 is 16.4. The highest BCUT2D eigenvalue weighted by Crippen LogP contribution is 2.35. The number of oxazole rings is 1. The predicted molar refractivity (Wildman–Crippen MR) is 91.3 cm³/mol. The molecule has 2 heterocycles. The quantitative estimate of drug-likeness (QED) is 0.813. The van der Waals surface area contributed by atoms with Crippen LogP contribution in [0, 0.1) is 5.41 Å². The Bertz CT molecular complexity index is 827. The number of benzene rings is 1. The second kappa shape index (κ2) is 7.07. The van der Waals surface area contributed by atoms with Gasteiger partial charge in [-0.05, 0) is 38.5 Å². The molecule has 2 aromatic rings. The van der Waals surface area contributed by atoms with Crippen molar-refractivity contribution in [1.29, 1.82) is 0 Å². The van der Waals surface area contributed by atoms with Crippen LogP contribution < -0.4 is 14.8 Å². The largest absolute Gasteiger partial charge is 0.486 e. The predicted octanol–water partition coefficient (Wildman–Crippen LogP) is 2.34. The summed E-state index contributed by atoms with van der Waals surface area (Å²) in [7, 11) is 0. The van der Waals surface area contributed by atoms with Crippen LogP contribution in [0.2, 0.25) is 0 Å². The number of aliphatic carboxylic acids is 1. The molecule has 26 heavy (non-hydrogen) atoms. The number of amides is 1. The highest BCUT2D eigenvalue weighted by molar-refractivity contribution is 5.97. The Balaban J connectivity index is 1.72. The number of rotatable bonds is 6. The zero-order valence-corrected chi connectivity index (χ0v) is 14.6. The summed E-state index contributed by atoms with van der Waals surface area (Å²) in [6.45, 7) is 4.39. The van der Waals surface area contributed by atoms with E-state index in [0.717, 1.165) is 0 Å². The molecule has 138 valence electrons. The van der Waals surface area contributed by atoms with E-state index in [4.69, 9.17) is 19.0 Å². The van der Waals surface area contributed by atoms with Crippen molar-refractivity contribution in [3.8, 4) is 22.8 Å². The molecule has 0 fully saturated rings. The second-order valence-corrected chi connectivity index (χ2v) is 6.58. The Morgan fingerprint density at radius 3 is 2.69 bits per heavy atom. The van der Waals surface area contributed by atoms with Crippen molar-refractivity contribution in [3.63, 3.8) is 0 Å². The highest BCUT2D eigenvalue weighted by atomic mass is 16.6. The lowest BCUT2D eigenvalue weighted by Gasteiger charge is -2.19. The minimum Gasteiger partial charge on any atom is -0.486 e. The lowest BCUT2D eigenvalue weighted by molar-refractivity contribution is -0.147. The molecule has 1 aromatic carbocycles. The average Bonchev–Trinajstić information content (AvgIpc) is 3.10. The monoisotopic (exact) mass is 360 g/mol. The molecule has 0 saturated heterocycles. The fourth-order valence-corrected chi connectivity index (χ4v) is 2.48. The molecule has 0 atom stereocenters. The molecule has 3 rings (SSSR count). The standard InChI is InChI=1S/C18H20N2O6/c1-18(2,17(22)23)5-6-19-16(21)14-15(26-10-20-14)11-3-4-12-13(9-11)25-8-7-24-12/h3-4,9-10H,5-8H2,1-2H3,(H,19,21)(H,22,23). The van der Waals surface area contributed by atoms with Crippen LogP contribution in [0.15, 0.2) is 29.0 Å². The van der Waals surface area contributed by atoms with E-state index < -0.39 is 17.3 Å². The number of aromatic nitrogens is 1. The number of fused-ring (bicyclic) bond motifs is 1. The minimum atomic E-state index is -0.921. The van der Waals surface area contributed by atoms with Crippen LogP contribution in [-0.2, 0) is 4.79 Å². The van der Waals surface area contributed by atoms with Crippen molar-refractivity contribution in [1.82, 2.24) is 10.3 Å². The van der Waals surface area contributed by atoms with Gasteiger partial charge in [0, 0.05) is 12.1 Å². The first kappa shape index (κ1) is 17.8. The fraction of sp³-hybridized carbons (Fsp3) is 0.389. The molecular weight excluding hydrogens is 340 g/mol. The third-order valence-electron chi connectivity index (χ3n) is 4.20. The molecule has 0 bridgehead atoms. The molecule has 2 N–H and O–H groups in total. The van der Waals surface area contributed by atoms with Gasteiger partial charge < -0.3 is 24.3 Å². The molecule has 1 aliphatic heterocycles. The third kappa shape index (κ3) is 3.63. The van der Waals surface area contributed by atoms with Crippen molar-refractivity contribution in [2.24, 2.45) is 5.41 Å². The Hall–Kier alpha value is -3.03. The van der Waals surface area contributed by atoms with Crippen molar-refractivity contribution in [2.75, 3.05) is 19.8 Å². The number of carbonyl (C=O) groups is 2. The molecular formula is C18H20N2O6. The number of ether oxygens (including phenoxy) is 2. The van der Waals surface area contributed by atoms with Crippen molar-refractivity contribution < 1.29 is 28.6 Å². The van der Waals surface area contributed by atoms with E-state index in [9.17, 15) is 9.59 Å². The smallest absolute Gasteiger partial charge is 0.309 e. The lowest BCUT2D eigenvalue weighted by Crippen LogP contribution is -2.32. The summed E-state index contributed by atoms with van der Waals surface area (Å²) in [5.41, 5.74) is -0.145. The molecule has 1 aliphatic rings. The maximum absolute atomic E-state index is 12.4. The summed E-state index contributed by atoms with van der Waals surface area (Å²) in [6.07, 6.45) is 1.49. The van der Waals surface area contributed by atoms with Crippen LogP contribution in [0.4, 0.5) is 0 Å². The lowest BCUT2D eigenvalue weighted by atomic mass is 9.90. The Kier molecular flexibility index (Phi) is 4.83. The average molecular weight is 360 g/mol. The minimum absolute atomic E-state index is 0.134. The van der Waals surface area contributed by atoms with Crippen molar-refractivity contribution in [3.05, 3.63) is 30.3 Å². The number of carboxylic acids is 1. The summed E-state index contributed by atoms with van der Waals surface area (Å²) in [6, 6.07) is 5.25. The van der Waals surface area contributed by atoms with Crippen LogP contribution in [-0.4, -0.2) is 41.7 Å². The van der Waals surface area contributed by atoms with Gasteiger partial charge in [-0.15, -0.1) is 0 Å². The van der Waals surface area contributed by atoms with Crippen LogP contribution in [0.5, 0.6) is 11.5 Å². The number of hydrogen-bond donors (Lipinski definition) is 2. The van der Waals surface area contributed by atoms with Gasteiger partial charge in [0.1, 0.15) is 13.2 Å². The third-order valence-corrected chi connectivity index (χ3v) is 4.20. The summed E-state index contributed by atoms with van der Waals surface area (Å²) >= 11 is 0. The topological polar surface area (TPSA) is 111 Å². The van der Waals surface area contributed by atoms with E-state index in [1.54, 1.807) is 32.0 Å². The summed E-state index contributed by atoms with van der Waals surface area (Å²) in [4.78, 5) is 27.5.